The first kappa shape index (κ1) is 7.94. The van der Waals surface area contributed by atoms with Crippen LogP contribution in [0.25, 0.3) is 0 Å². The van der Waals surface area contributed by atoms with Crippen LogP contribution < -0.4 is 5.73 Å². The molecule has 4 atom stereocenters. The zero-order chi connectivity index (χ0) is 7.72. The first-order valence-corrected chi connectivity index (χ1v) is 3.44. The van der Waals surface area contributed by atoms with E-state index in [0.29, 0.717) is 6.42 Å². The van der Waals surface area contributed by atoms with E-state index in [1.165, 1.54) is 0 Å². The van der Waals surface area contributed by atoms with E-state index in [-0.39, 0.29) is 6.10 Å². The van der Waals surface area contributed by atoms with Crippen molar-refractivity contribution in [1.82, 2.24) is 0 Å². The van der Waals surface area contributed by atoms with Crippen LogP contribution in [-0.4, -0.2) is 34.8 Å². The van der Waals surface area contributed by atoms with Gasteiger partial charge in [-0.1, -0.05) is 6.92 Å². The number of rotatable bonds is 1. The van der Waals surface area contributed by atoms with Crippen LogP contribution in [0.15, 0.2) is 0 Å². The van der Waals surface area contributed by atoms with Crippen molar-refractivity contribution in [3.8, 4) is 0 Å². The molecule has 1 heterocycles. The third-order valence-electron chi connectivity index (χ3n) is 1.80. The SMILES string of the molecule is CCC1O[C@@H](N)[C@H](O)[C@@H]1O. The maximum Gasteiger partial charge on any atom is 0.135 e. The molecule has 0 spiro atoms. The first-order valence-electron chi connectivity index (χ1n) is 3.44. The van der Waals surface area contributed by atoms with Crippen LogP contribution in [-0.2, 0) is 4.74 Å². The molecule has 4 nitrogen and oxygen atoms in total. The van der Waals surface area contributed by atoms with Crippen molar-refractivity contribution in [2.45, 2.75) is 37.9 Å². The van der Waals surface area contributed by atoms with Gasteiger partial charge in [0.05, 0.1) is 6.10 Å². The summed E-state index contributed by atoms with van der Waals surface area (Å²) in [6.45, 7) is 1.87. The minimum atomic E-state index is -0.926. The fraction of sp³-hybridized carbons (Fsp3) is 1.00. The van der Waals surface area contributed by atoms with Crippen LogP contribution >= 0.6 is 0 Å². The highest BCUT2D eigenvalue weighted by molar-refractivity contribution is 4.86. The standard InChI is InChI=1S/C6H13NO3/c1-2-3-4(8)5(9)6(7)10-3/h3-6,8-9H,2,7H2,1H3/t3?,4-,5-,6-/m1/s1. The summed E-state index contributed by atoms with van der Waals surface area (Å²) in [5.41, 5.74) is 5.30. The topological polar surface area (TPSA) is 75.7 Å². The number of hydrogen-bond donors (Lipinski definition) is 3. The van der Waals surface area contributed by atoms with Crippen LogP contribution in [0.3, 0.4) is 0 Å². The molecule has 1 saturated heterocycles. The molecule has 0 saturated carbocycles. The zero-order valence-electron chi connectivity index (χ0n) is 5.90. The number of aliphatic hydroxyl groups excluding tert-OH is 2. The molecule has 0 aromatic rings. The van der Waals surface area contributed by atoms with Gasteiger partial charge >= 0.3 is 0 Å². The smallest absolute Gasteiger partial charge is 0.135 e. The summed E-state index contributed by atoms with van der Waals surface area (Å²) in [6, 6.07) is 0. The number of nitrogens with two attached hydrogens (primary N) is 1. The third-order valence-corrected chi connectivity index (χ3v) is 1.80. The third kappa shape index (κ3) is 1.15. The summed E-state index contributed by atoms with van der Waals surface area (Å²) in [4.78, 5) is 0. The molecule has 0 aromatic carbocycles. The zero-order valence-corrected chi connectivity index (χ0v) is 5.90. The van der Waals surface area contributed by atoms with Crippen molar-refractivity contribution in [1.29, 1.82) is 0 Å². The molecule has 4 N–H and O–H groups in total. The molecule has 0 bridgehead atoms. The second-order valence-corrected chi connectivity index (χ2v) is 2.53. The molecule has 0 aliphatic carbocycles. The average molecular weight is 147 g/mol. The minimum absolute atomic E-state index is 0.301. The molecule has 1 fully saturated rings. The van der Waals surface area contributed by atoms with Gasteiger partial charge in [0.15, 0.2) is 0 Å². The molecule has 10 heavy (non-hydrogen) atoms. The highest BCUT2D eigenvalue weighted by atomic mass is 16.6. The maximum absolute atomic E-state index is 9.17. The highest BCUT2D eigenvalue weighted by Gasteiger charge is 2.39. The monoisotopic (exact) mass is 147 g/mol. The van der Waals surface area contributed by atoms with Gasteiger partial charge in [0.25, 0.3) is 0 Å². The van der Waals surface area contributed by atoms with E-state index in [1.54, 1.807) is 0 Å². The molecule has 1 unspecified atom stereocenters. The minimum Gasteiger partial charge on any atom is -0.388 e. The van der Waals surface area contributed by atoms with E-state index in [4.69, 9.17) is 15.6 Å². The number of ether oxygens (including phenoxy) is 1. The molecular weight excluding hydrogens is 134 g/mol. The second-order valence-electron chi connectivity index (χ2n) is 2.53. The Morgan fingerprint density at radius 1 is 1.40 bits per heavy atom. The second kappa shape index (κ2) is 2.84. The maximum atomic E-state index is 9.17. The lowest BCUT2D eigenvalue weighted by atomic mass is 10.1. The number of aliphatic hydroxyl groups is 2. The fourth-order valence-corrected chi connectivity index (χ4v) is 1.11. The van der Waals surface area contributed by atoms with Crippen molar-refractivity contribution in [3.05, 3.63) is 0 Å². The van der Waals surface area contributed by atoms with Crippen LogP contribution in [0.5, 0.6) is 0 Å². The Morgan fingerprint density at radius 2 is 2.00 bits per heavy atom. The molecular formula is C6H13NO3. The Labute approximate surface area is 59.6 Å². The molecule has 1 aliphatic rings. The van der Waals surface area contributed by atoms with Crippen molar-refractivity contribution in [3.63, 3.8) is 0 Å². The Morgan fingerprint density at radius 3 is 2.20 bits per heavy atom. The molecule has 0 amide bonds. The Balaban J connectivity index is 2.53. The van der Waals surface area contributed by atoms with Crippen LogP contribution in [0, 0.1) is 0 Å². The van der Waals surface area contributed by atoms with Gasteiger partial charge in [-0.2, -0.15) is 0 Å². The van der Waals surface area contributed by atoms with E-state index in [2.05, 4.69) is 0 Å². The van der Waals surface area contributed by atoms with Gasteiger partial charge in [-0.05, 0) is 6.42 Å². The van der Waals surface area contributed by atoms with Crippen LogP contribution in [0.2, 0.25) is 0 Å². The highest BCUT2D eigenvalue weighted by Crippen LogP contribution is 2.19. The van der Waals surface area contributed by atoms with E-state index in [0.717, 1.165) is 0 Å². The van der Waals surface area contributed by atoms with E-state index < -0.39 is 18.4 Å². The predicted octanol–water partition coefficient (Wildman–Crippen LogP) is -1.20. The Bertz CT molecular complexity index is 120. The quantitative estimate of drug-likeness (QED) is 0.435. The molecule has 4 heteroatoms. The van der Waals surface area contributed by atoms with Crippen LogP contribution in [0.4, 0.5) is 0 Å². The van der Waals surface area contributed by atoms with Crippen molar-refractivity contribution in [2.24, 2.45) is 5.73 Å². The summed E-state index contributed by atoms with van der Waals surface area (Å²) in [6.07, 6.45) is -2.10. The molecule has 60 valence electrons. The lowest BCUT2D eigenvalue weighted by molar-refractivity contribution is 0.00986. The summed E-state index contributed by atoms with van der Waals surface area (Å²) >= 11 is 0. The summed E-state index contributed by atoms with van der Waals surface area (Å²) in [7, 11) is 0. The summed E-state index contributed by atoms with van der Waals surface area (Å²) in [5, 5.41) is 18.2. The van der Waals surface area contributed by atoms with Crippen LogP contribution in [0.1, 0.15) is 13.3 Å². The fourth-order valence-electron chi connectivity index (χ4n) is 1.11. The van der Waals surface area contributed by atoms with E-state index >= 15 is 0 Å². The van der Waals surface area contributed by atoms with E-state index in [1.807, 2.05) is 6.92 Å². The average Bonchev–Trinajstić information content (AvgIpc) is 2.17. The molecule has 1 aliphatic heterocycles. The largest absolute Gasteiger partial charge is 0.388 e. The molecule has 1 rings (SSSR count). The normalized spacial score (nSPS) is 48.0. The van der Waals surface area contributed by atoms with Gasteiger partial charge in [0.2, 0.25) is 0 Å². The van der Waals surface area contributed by atoms with Gasteiger partial charge in [-0.15, -0.1) is 0 Å². The van der Waals surface area contributed by atoms with E-state index in [9.17, 15) is 5.11 Å². The lowest BCUT2D eigenvalue weighted by Gasteiger charge is -2.10. The molecule has 0 aromatic heterocycles. The predicted molar refractivity (Wildman–Crippen MR) is 35.2 cm³/mol. The lowest BCUT2D eigenvalue weighted by Crippen LogP contribution is -2.36. The van der Waals surface area contributed by atoms with Gasteiger partial charge in [-0.25, -0.2) is 0 Å². The first-order chi connectivity index (χ1) is 4.66. The van der Waals surface area contributed by atoms with Crippen molar-refractivity contribution < 1.29 is 14.9 Å². The van der Waals surface area contributed by atoms with Gasteiger partial charge in [0.1, 0.15) is 18.4 Å². The van der Waals surface area contributed by atoms with Crippen molar-refractivity contribution in [2.75, 3.05) is 0 Å². The van der Waals surface area contributed by atoms with Gasteiger partial charge < -0.3 is 20.7 Å². The van der Waals surface area contributed by atoms with Crippen molar-refractivity contribution >= 4 is 0 Å². The number of hydrogen-bond acceptors (Lipinski definition) is 4. The Hall–Kier alpha value is -0.160. The summed E-state index contributed by atoms with van der Waals surface area (Å²) < 4.78 is 5.01. The Kier molecular flexibility index (Phi) is 2.25. The summed E-state index contributed by atoms with van der Waals surface area (Å²) in [5.74, 6) is 0. The van der Waals surface area contributed by atoms with Gasteiger partial charge in [0, 0.05) is 0 Å². The molecule has 0 radical (unpaired) electrons. The van der Waals surface area contributed by atoms with Gasteiger partial charge in [-0.3, -0.25) is 0 Å².